The third-order valence-electron chi connectivity index (χ3n) is 5.13. The second-order valence-electron chi connectivity index (χ2n) is 7.27. The van der Waals surface area contributed by atoms with Crippen LogP contribution in [0.3, 0.4) is 0 Å². The first-order valence-corrected chi connectivity index (χ1v) is 9.93. The lowest BCUT2D eigenvalue weighted by Crippen LogP contribution is -2.34. The molecule has 0 fully saturated rings. The second-order valence-corrected chi connectivity index (χ2v) is 7.27. The van der Waals surface area contributed by atoms with Gasteiger partial charge in [0.1, 0.15) is 11.5 Å². The molecule has 0 spiro atoms. The Bertz CT molecular complexity index is 1240. The van der Waals surface area contributed by atoms with Gasteiger partial charge in [-0.05, 0) is 42.0 Å². The minimum Gasteiger partial charge on any atom is -0.339 e. The van der Waals surface area contributed by atoms with Crippen LogP contribution in [0.15, 0.2) is 84.6 Å². The van der Waals surface area contributed by atoms with Crippen LogP contribution in [0.4, 0.5) is 21.5 Å². The highest BCUT2D eigenvalue weighted by molar-refractivity contribution is 6.46. The number of nitrogens with zero attached hydrogens (tertiary/aromatic N) is 2. The van der Waals surface area contributed by atoms with Gasteiger partial charge in [0, 0.05) is 25.3 Å². The van der Waals surface area contributed by atoms with Gasteiger partial charge in [-0.15, -0.1) is 0 Å². The molecule has 0 atom stereocenters. The summed E-state index contributed by atoms with van der Waals surface area (Å²) >= 11 is 0. The Morgan fingerprint density at radius 1 is 0.875 bits per heavy atom. The van der Waals surface area contributed by atoms with Crippen molar-refractivity contribution >= 4 is 40.4 Å². The fourth-order valence-corrected chi connectivity index (χ4v) is 3.65. The van der Waals surface area contributed by atoms with Crippen LogP contribution in [0.1, 0.15) is 12.5 Å². The molecule has 3 aromatic rings. The molecule has 7 heteroatoms. The van der Waals surface area contributed by atoms with Gasteiger partial charge in [-0.1, -0.05) is 42.5 Å². The van der Waals surface area contributed by atoms with Crippen molar-refractivity contribution in [2.75, 3.05) is 22.2 Å². The van der Waals surface area contributed by atoms with Crippen LogP contribution in [-0.4, -0.2) is 24.8 Å². The number of hydrogen-bond acceptors (Lipinski definition) is 4. The first kappa shape index (κ1) is 21.0. The molecule has 0 bridgehead atoms. The summed E-state index contributed by atoms with van der Waals surface area (Å²) in [5.74, 6) is -2.13. The fraction of sp³-hybridized carbons (Fsp3) is 0.0800. The molecule has 1 aliphatic rings. The van der Waals surface area contributed by atoms with Gasteiger partial charge in [-0.2, -0.15) is 0 Å². The van der Waals surface area contributed by atoms with Gasteiger partial charge in [0.05, 0.1) is 11.3 Å². The van der Waals surface area contributed by atoms with Gasteiger partial charge in [0.2, 0.25) is 5.91 Å². The summed E-state index contributed by atoms with van der Waals surface area (Å²) in [5.41, 5.74) is 1.92. The van der Waals surface area contributed by atoms with Crippen LogP contribution in [0.5, 0.6) is 0 Å². The molecule has 0 radical (unpaired) electrons. The molecule has 3 amide bonds. The second kappa shape index (κ2) is 8.47. The number of halogens is 1. The van der Waals surface area contributed by atoms with E-state index in [0.29, 0.717) is 16.9 Å². The molecule has 1 N–H and O–H groups in total. The van der Waals surface area contributed by atoms with E-state index in [2.05, 4.69) is 5.32 Å². The molecule has 0 saturated heterocycles. The maximum Gasteiger partial charge on any atom is 0.282 e. The smallest absolute Gasteiger partial charge is 0.282 e. The van der Waals surface area contributed by atoms with E-state index in [-0.39, 0.29) is 22.9 Å². The average molecular weight is 429 g/mol. The van der Waals surface area contributed by atoms with E-state index in [9.17, 15) is 18.8 Å². The molecule has 0 aromatic heterocycles. The summed E-state index contributed by atoms with van der Waals surface area (Å²) in [5, 5.41) is 2.67. The third-order valence-corrected chi connectivity index (χ3v) is 5.13. The lowest BCUT2D eigenvalue weighted by atomic mass is 10.0. The molecule has 0 saturated carbocycles. The predicted octanol–water partition coefficient (Wildman–Crippen LogP) is 4.21. The minimum atomic E-state index is -0.668. The van der Waals surface area contributed by atoms with E-state index in [1.165, 1.54) is 25.1 Å². The molecule has 0 unspecified atom stereocenters. The standard InChI is InChI=1S/C25H20FN3O3/c1-16(30)27-18-14-12-17(13-15-18)22-23(28(2)19-8-4-3-5-9-19)25(32)29(24(22)31)21-11-7-6-10-20(21)26/h3-15H,1-2H3,(H,27,30). The summed E-state index contributed by atoms with van der Waals surface area (Å²) in [4.78, 5) is 40.7. The maximum absolute atomic E-state index is 14.5. The monoisotopic (exact) mass is 429 g/mol. The number of amides is 3. The van der Waals surface area contributed by atoms with E-state index in [1.807, 2.05) is 30.3 Å². The number of rotatable bonds is 5. The molecule has 1 heterocycles. The zero-order valence-electron chi connectivity index (χ0n) is 17.5. The van der Waals surface area contributed by atoms with Crippen LogP contribution in [-0.2, 0) is 14.4 Å². The summed E-state index contributed by atoms with van der Waals surface area (Å²) < 4.78 is 14.5. The number of carbonyl (C=O) groups is 3. The Kier molecular flexibility index (Phi) is 5.55. The number of anilines is 3. The summed E-state index contributed by atoms with van der Waals surface area (Å²) in [6.07, 6.45) is 0. The Hall–Kier alpha value is -4.26. The van der Waals surface area contributed by atoms with Crippen molar-refractivity contribution in [2.45, 2.75) is 6.92 Å². The van der Waals surface area contributed by atoms with Crippen molar-refractivity contribution in [3.63, 3.8) is 0 Å². The molecule has 1 aliphatic heterocycles. The lowest BCUT2D eigenvalue weighted by molar-refractivity contribution is -0.120. The maximum atomic E-state index is 14.5. The van der Waals surface area contributed by atoms with Crippen LogP contribution in [0.2, 0.25) is 0 Å². The molecular weight excluding hydrogens is 409 g/mol. The SMILES string of the molecule is CC(=O)Nc1ccc(C2=C(N(C)c3ccccc3)C(=O)N(c3ccccc3F)C2=O)cc1. The van der Waals surface area contributed by atoms with Gasteiger partial charge in [0.15, 0.2) is 0 Å². The lowest BCUT2D eigenvalue weighted by Gasteiger charge is -2.21. The highest BCUT2D eigenvalue weighted by atomic mass is 19.1. The molecule has 4 rings (SSSR count). The minimum absolute atomic E-state index is 0.105. The molecule has 160 valence electrons. The Morgan fingerprint density at radius 2 is 1.50 bits per heavy atom. The Labute approximate surface area is 184 Å². The highest BCUT2D eigenvalue weighted by Crippen LogP contribution is 2.37. The number of nitrogens with one attached hydrogen (secondary N) is 1. The van der Waals surface area contributed by atoms with Crippen molar-refractivity contribution < 1.29 is 18.8 Å². The molecule has 0 aliphatic carbocycles. The first-order chi connectivity index (χ1) is 15.4. The molecule has 32 heavy (non-hydrogen) atoms. The van der Waals surface area contributed by atoms with Gasteiger partial charge in [0.25, 0.3) is 11.8 Å². The van der Waals surface area contributed by atoms with E-state index < -0.39 is 17.6 Å². The van der Waals surface area contributed by atoms with Crippen molar-refractivity contribution in [2.24, 2.45) is 0 Å². The zero-order chi connectivity index (χ0) is 22.8. The Morgan fingerprint density at radius 3 is 2.12 bits per heavy atom. The normalized spacial score (nSPS) is 13.5. The van der Waals surface area contributed by atoms with Crippen LogP contribution < -0.4 is 15.1 Å². The topological polar surface area (TPSA) is 69.7 Å². The highest BCUT2D eigenvalue weighted by Gasteiger charge is 2.43. The summed E-state index contributed by atoms with van der Waals surface area (Å²) in [6.45, 7) is 1.40. The van der Waals surface area contributed by atoms with E-state index in [0.717, 1.165) is 4.90 Å². The number of likely N-dealkylation sites (N-methyl/N-ethyl adjacent to an activating group) is 1. The number of imide groups is 1. The largest absolute Gasteiger partial charge is 0.339 e. The first-order valence-electron chi connectivity index (χ1n) is 9.93. The van der Waals surface area contributed by atoms with Crippen molar-refractivity contribution in [1.82, 2.24) is 0 Å². The number of carbonyl (C=O) groups excluding carboxylic acids is 3. The third kappa shape index (κ3) is 3.76. The number of hydrogen-bond donors (Lipinski definition) is 1. The zero-order valence-corrected chi connectivity index (χ0v) is 17.5. The number of para-hydroxylation sites is 2. The summed E-state index contributed by atoms with van der Waals surface area (Å²) in [7, 11) is 1.69. The van der Waals surface area contributed by atoms with Gasteiger partial charge in [-0.3, -0.25) is 14.4 Å². The predicted molar refractivity (Wildman–Crippen MR) is 121 cm³/mol. The number of benzene rings is 3. The van der Waals surface area contributed by atoms with Crippen LogP contribution in [0.25, 0.3) is 5.57 Å². The van der Waals surface area contributed by atoms with Crippen LogP contribution in [0, 0.1) is 5.82 Å². The van der Waals surface area contributed by atoms with Crippen molar-refractivity contribution in [3.8, 4) is 0 Å². The van der Waals surface area contributed by atoms with Gasteiger partial charge in [-0.25, -0.2) is 9.29 Å². The van der Waals surface area contributed by atoms with E-state index >= 15 is 0 Å². The molecular formula is C25H20FN3O3. The van der Waals surface area contributed by atoms with Gasteiger partial charge < -0.3 is 10.2 Å². The van der Waals surface area contributed by atoms with Crippen LogP contribution >= 0.6 is 0 Å². The molecule has 3 aromatic carbocycles. The van der Waals surface area contributed by atoms with E-state index in [4.69, 9.17) is 0 Å². The van der Waals surface area contributed by atoms with Crippen molar-refractivity contribution in [1.29, 1.82) is 0 Å². The average Bonchev–Trinajstić information content (AvgIpc) is 3.04. The van der Waals surface area contributed by atoms with Gasteiger partial charge >= 0.3 is 0 Å². The van der Waals surface area contributed by atoms with E-state index in [1.54, 1.807) is 42.3 Å². The quantitative estimate of drug-likeness (QED) is 0.617. The summed E-state index contributed by atoms with van der Waals surface area (Å²) in [6, 6.07) is 21.4. The van der Waals surface area contributed by atoms with Crippen molar-refractivity contribution in [3.05, 3.63) is 95.9 Å². The fourth-order valence-electron chi connectivity index (χ4n) is 3.65. The Balaban J connectivity index is 1.85. The molecule has 6 nitrogen and oxygen atoms in total.